The maximum Gasteiger partial charge on any atom is 0.257 e. The number of halogens is 1. The third-order valence-corrected chi connectivity index (χ3v) is 6.65. The topological polar surface area (TPSA) is 51.0 Å². The minimum Gasteiger partial charge on any atom is -0.338 e. The zero-order valence-electron chi connectivity index (χ0n) is 15.1. The average molecular weight is 389 g/mol. The van der Waals surface area contributed by atoms with Crippen molar-refractivity contribution in [3.63, 3.8) is 0 Å². The molecule has 4 rings (SSSR count). The largest absolute Gasteiger partial charge is 0.338 e. The average Bonchev–Trinajstić information content (AvgIpc) is 3.15. The van der Waals surface area contributed by atoms with E-state index in [1.54, 1.807) is 16.0 Å². The number of rotatable bonds is 2. The highest BCUT2D eigenvalue weighted by molar-refractivity contribution is 7.18. The Kier molecular flexibility index (Phi) is 4.49. The highest BCUT2D eigenvalue weighted by atomic mass is 35.5. The Bertz CT molecular complexity index is 985. The quantitative estimate of drug-likeness (QED) is 0.656. The molecule has 0 unspecified atom stereocenters. The van der Waals surface area contributed by atoms with E-state index in [0.29, 0.717) is 5.92 Å². The number of hydrogen-bond donors (Lipinski definition) is 0. The second-order valence-corrected chi connectivity index (χ2v) is 8.40. The molecule has 1 aromatic carbocycles. The molecule has 2 aromatic heterocycles. The van der Waals surface area contributed by atoms with Crippen molar-refractivity contribution in [2.45, 2.75) is 32.6 Å². The third kappa shape index (κ3) is 3.01. The van der Waals surface area contributed by atoms with Crippen LogP contribution < -0.4 is 0 Å². The molecular weight excluding hydrogens is 368 g/mol. The second kappa shape index (κ2) is 6.67. The number of carbonyl (C=O) groups is 1. The van der Waals surface area contributed by atoms with Crippen LogP contribution in [-0.4, -0.2) is 38.7 Å². The number of nitrogens with zero attached hydrogens (tertiary/aromatic N) is 4. The fraction of sp³-hybridized carbons (Fsp3) is 0.421. The maximum absolute atomic E-state index is 12.9. The number of thiazole rings is 1. The summed E-state index contributed by atoms with van der Waals surface area (Å²) >= 11 is 7.81. The van der Waals surface area contributed by atoms with Gasteiger partial charge in [0.05, 0.1) is 26.5 Å². The summed E-state index contributed by atoms with van der Waals surface area (Å²) < 4.78 is 2.95. The monoisotopic (exact) mass is 388 g/mol. The number of benzene rings is 1. The van der Waals surface area contributed by atoms with Crippen LogP contribution in [-0.2, 0) is 7.05 Å². The number of aryl methyl sites for hydroxylation is 2. The van der Waals surface area contributed by atoms with E-state index >= 15 is 0 Å². The lowest BCUT2D eigenvalue weighted by atomic mass is 9.97. The summed E-state index contributed by atoms with van der Waals surface area (Å²) in [5.41, 5.74) is 3.45. The summed E-state index contributed by atoms with van der Waals surface area (Å²) in [5, 5.41) is 6.25. The van der Waals surface area contributed by atoms with Gasteiger partial charge in [0.25, 0.3) is 5.91 Å². The molecule has 5 nitrogen and oxygen atoms in total. The van der Waals surface area contributed by atoms with E-state index in [2.05, 4.69) is 5.10 Å². The summed E-state index contributed by atoms with van der Waals surface area (Å²) in [5.74, 6) is 0.508. The summed E-state index contributed by atoms with van der Waals surface area (Å²) in [7, 11) is 1.88. The molecule has 3 heterocycles. The first-order valence-corrected chi connectivity index (χ1v) is 9.99. The van der Waals surface area contributed by atoms with Crippen LogP contribution in [0.2, 0.25) is 5.02 Å². The Balaban J connectivity index is 1.48. The molecule has 0 aliphatic carbocycles. The molecule has 1 aliphatic heterocycles. The molecule has 1 amide bonds. The van der Waals surface area contributed by atoms with Gasteiger partial charge >= 0.3 is 0 Å². The van der Waals surface area contributed by atoms with Gasteiger partial charge in [-0.25, -0.2) is 4.98 Å². The normalized spacial score (nSPS) is 15.8. The van der Waals surface area contributed by atoms with Gasteiger partial charge in [0.15, 0.2) is 0 Å². The molecule has 0 atom stereocenters. The number of amides is 1. The van der Waals surface area contributed by atoms with Crippen molar-refractivity contribution in [2.24, 2.45) is 7.05 Å². The first kappa shape index (κ1) is 17.5. The summed E-state index contributed by atoms with van der Waals surface area (Å²) in [6.45, 7) is 5.37. The number of carbonyl (C=O) groups excluding carboxylic acids is 1. The number of piperidine rings is 1. The van der Waals surface area contributed by atoms with E-state index < -0.39 is 0 Å². The first-order chi connectivity index (χ1) is 12.4. The maximum atomic E-state index is 12.9. The predicted octanol–water partition coefficient (Wildman–Crippen LogP) is 4.32. The van der Waals surface area contributed by atoms with Crippen molar-refractivity contribution in [1.82, 2.24) is 19.7 Å². The van der Waals surface area contributed by atoms with Gasteiger partial charge in [0, 0.05) is 36.8 Å². The Morgan fingerprint density at radius 2 is 2.00 bits per heavy atom. The van der Waals surface area contributed by atoms with Gasteiger partial charge in [0.1, 0.15) is 0 Å². The van der Waals surface area contributed by atoms with Gasteiger partial charge in [-0.1, -0.05) is 11.6 Å². The smallest absolute Gasteiger partial charge is 0.257 e. The van der Waals surface area contributed by atoms with Gasteiger partial charge in [-0.3, -0.25) is 9.48 Å². The highest BCUT2D eigenvalue weighted by Gasteiger charge is 2.29. The van der Waals surface area contributed by atoms with Crippen molar-refractivity contribution in [2.75, 3.05) is 13.1 Å². The zero-order chi connectivity index (χ0) is 18.4. The number of aromatic nitrogens is 3. The van der Waals surface area contributed by atoms with Gasteiger partial charge in [0.2, 0.25) is 0 Å². The van der Waals surface area contributed by atoms with Crippen LogP contribution in [0.15, 0.2) is 18.2 Å². The Hall–Kier alpha value is -1.92. The predicted molar refractivity (Wildman–Crippen MR) is 105 cm³/mol. The van der Waals surface area contributed by atoms with E-state index in [1.807, 2.05) is 44.0 Å². The van der Waals surface area contributed by atoms with Gasteiger partial charge < -0.3 is 4.90 Å². The fourth-order valence-electron chi connectivity index (χ4n) is 3.66. The molecule has 1 fully saturated rings. The molecule has 0 radical (unpaired) electrons. The Labute approximate surface area is 161 Å². The van der Waals surface area contributed by atoms with Crippen molar-refractivity contribution in [1.29, 1.82) is 0 Å². The molecule has 1 aliphatic rings. The van der Waals surface area contributed by atoms with Crippen LogP contribution in [0.5, 0.6) is 0 Å². The molecule has 0 saturated carbocycles. The molecule has 26 heavy (non-hydrogen) atoms. The minimum absolute atomic E-state index is 0.0997. The molecule has 0 spiro atoms. The molecule has 0 N–H and O–H groups in total. The summed E-state index contributed by atoms with van der Waals surface area (Å²) in [6.07, 6.45) is 1.88. The SMILES string of the molecule is Cc1nn(C)c(C)c1C(=O)N1CCC(c2nc3cc(Cl)ccc3s2)CC1. The molecule has 136 valence electrons. The van der Waals surface area contributed by atoms with Crippen molar-refractivity contribution in [3.8, 4) is 0 Å². The first-order valence-electron chi connectivity index (χ1n) is 8.79. The lowest BCUT2D eigenvalue weighted by molar-refractivity contribution is 0.0711. The van der Waals surface area contributed by atoms with Gasteiger partial charge in [-0.05, 0) is 44.9 Å². The summed E-state index contributed by atoms with van der Waals surface area (Å²) in [4.78, 5) is 19.7. The number of hydrogen-bond acceptors (Lipinski definition) is 4. The Morgan fingerprint density at radius 1 is 1.27 bits per heavy atom. The standard InChI is InChI=1S/C19H21ClN4OS/c1-11-17(12(2)23(3)22-11)19(25)24-8-6-13(7-9-24)18-21-15-10-14(20)4-5-16(15)26-18/h4-5,10,13H,6-9H2,1-3H3. The molecule has 3 aromatic rings. The van der Waals surface area contributed by atoms with Crippen molar-refractivity contribution < 1.29 is 4.79 Å². The van der Waals surface area contributed by atoms with Crippen LogP contribution in [0.4, 0.5) is 0 Å². The number of fused-ring (bicyclic) bond motifs is 1. The molecular formula is C19H21ClN4OS. The van der Waals surface area contributed by atoms with E-state index in [9.17, 15) is 4.79 Å². The molecule has 7 heteroatoms. The highest BCUT2D eigenvalue weighted by Crippen LogP contribution is 2.35. The van der Waals surface area contributed by atoms with E-state index in [1.165, 1.54) is 4.70 Å². The van der Waals surface area contributed by atoms with Crippen LogP contribution in [0.1, 0.15) is 45.5 Å². The lowest BCUT2D eigenvalue weighted by Crippen LogP contribution is -2.38. The van der Waals surface area contributed by atoms with Crippen LogP contribution in [0.3, 0.4) is 0 Å². The lowest BCUT2D eigenvalue weighted by Gasteiger charge is -2.31. The van der Waals surface area contributed by atoms with E-state index in [4.69, 9.17) is 16.6 Å². The van der Waals surface area contributed by atoms with Crippen LogP contribution in [0.25, 0.3) is 10.2 Å². The Morgan fingerprint density at radius 3 is 2.65 bits per heavy atom. The van der Waals surface area contributed by atoms with Crippen LogP contribution in [0, 0.1) is 13.8 Å². The van der Waals surface area contributed by atoms with Crippen LogP contribution >= 0.6 is 22.9 Å². The van der Waals surface area contributed by atoms with Crippen molar-refractivity contribution in [3.05, 3.63) is 45.2 Å². The van der Waals surface area contributed by atoms with E-state index in [0.717, 1.165) is 58.4 Å². The zero-order valence-corrected chi connectivity index (χ0v) is 16.7. The molecule has 1 saturated heterocycles. The van der Waals surface area contributed by atoms with Gasteiger partial charge in [-0.2, -0.15) is 5.10 Å². The van der Waals surface area contributed by atoms with Gasteiger partial charge in [-0.15, -0.1) is 11.3 Å². The minimum atomic E-state index is 0.0997. The third-order valence-electron chi connectivity index (χ3n) is 5.22. The second-order valence-electron chi connectivity index (χ2n) is 6.90. The van der Waals surface area contributed by atoms with E-state index in [-0.39, 0.29) is 5.91 Å². The molecule has 0 bridgehead atoms. The van der Waals surface area contributed by atoms with Crippen molar-refractivity contribution >= 4 is 39.1 Å². The summed E-state index contributed by atoms with van der Waals surface area (Å²) in [6, 6.07) is 5.86. The number of likely N-dealkylation sites (tertiary alicyclic amines) is 1. The fourth-order valence-corrected chi connectivity index (χ4v) is 4.95.